The minimum Gasteiger partial charge on any atom is -0.412 e. The number of methoxy groups -OCH3 is 1. The zero-order valence-corrected chi connectivity index (χ0v) is 7.04. The van der Waals surface area contributed by atoms with Crippen molar-refractivity contribution in [2.75, 3.05) is 20.2 Å². The zero-order valence-electron chi connectivity index (χ0n) is 6.22. The molecule has 10 heavy (non-hydrogen) atoms. The molecule has 3 nitrogen and oxygen atoms in total. The van der Waals surface area contributed by atoms with Crippen molar-refractivity contribution in [2.24, 2.45) is 0 Å². The highest BCUT2D eigenvalue weighted by atomic mass is 35.5. The average molecular weight is 170 g/mol. The summed E-state index contributed by atoms with van der Waals surface area (Å²) in [6, 6.07) is 0. The number of rotatable bonds is 1. The van der Waals surface area contributed by atoms with Gasteiger partial charge >= 0.3 is 0 Å². The first-order valence-corrected chi connectivity index (χ1v) is 3.17. The summed E-state index contributed by atoms with van der Waals surface area (Å²) >= 11 is 0. The van der Waals surface area contributed by atoms with E-state index in [-0.39, 0.29) is 17.9 Å². The summed E-state index contributed by atoms with van der Waals surface area (Å²) in [4.78, 5) is 0. The van der Waals surface area contributed by atoms with E-state index in [1.807, 2.05) is 0 Å². The van der Waals surface area contributed by atoms with Gasteiger partial charge < -0.3 is 15.5 Å². The highest BCUT2D eigenvalue weighted by molar-refractivity contribution is 5.85. The molecule has 0 saturated carbocycles. The highest BCUT2D eigenvalue weighted by Gasteiger charge is 2.09. The molecule has 0 radical (unpaired) electrons. The second kappa shape index (κ2) is 7.28. The molecule has 0 bridgehead atoms. The maximum atomic E-state index is 5.13. The van der Waals surface area contributed by atoms with Crippen molar-refractivity contribution < 1.29 is 10.2 Å². The molecule has 0 aromatic carbocycles. The lowest BCUT2D eigenvalue weighted by atomic mass is 10.1. The fourth-order valence-corrected chi connectivity index (χ4v) is 1.02. The van der Waals surface area contributed by atoms with Gasteiger partial charge in [0.25, 0.3) is 0 Å². The number of ether oxygens (including phenoxy) is 1. The second-order valence-electron chi connectivity index (χ2n) is 2.20. The Bertz CT molecular complexity index is 66.8. The Morgan fingerprint density at radius 1 is 1.50 bits per heavy atom. The van der Waals surface area contributed by atoms with Gasteiger partial charge in [-0.3, -0.25) is 0 Å². The number of hydrogen-bond acceptors (Lipinski definition) is 2. The van der Waals surface area contributed by atoms with Crippen LogP contribution in [0.3, 0.4) is 0 Å². The Morgan fingerprint density at radius 3 is 2.50 bits per heavy atom. The standard InChI is InChI=1S/C6H13NO.ClH.H2O/c1-8-6-3-2-4-7-5-6;;/h6-7H,2-5H2,1H3;1H;1H2. The molecule has 1 unspecified atom stereocenters. The van der Waals surface area contributed by atoms with E-state index in [0.29, 0.717) is 6.10 Å². The van der Waals surface area contributed by atoms with Crippen molar-refractivity contribution in [1.29, 1.82) is 0 Å². The smallest absolute Gasteiger partial charge is 0.0696 e. The average Bonchev–Trinajstić information content (AvgIpc) is 1.90. The Labute approximate surface area is 67.9 Å². The first-order valence-electron chi connectivity index (χ1n) is 3.17. The lowest BCUT2D eigenvalue weighted by Gasteiger charge is -2.20. The predicted octanol–water partition coefficient (Wildman–Crippen LogP) is -0.0181. The van der Waals surface area contributed by atoms with E-state index in [0.717, 1.165) is 6.54 Å². The highest BCUT2D eigenvalue weighted by Crippen LogP contribution is 2.03. The fourth-order valence-electron chi connectivity index (χ4n) is 1.02. The summed E-state index contributed by atoms with van der Waals surface area (Å²) in [7, 11) is 1.78. The number of hydrogen-bond donors (Lipinski definition) is 1. The molecular formula is C6H16ClNO2. The monoisotopic (exact) mass is 169 g/mol. The van der Waals surface area contributed by atoms with Crippen LogP contribution in [-0.4, -0.2) is 31.8 Å². The van der Waals surface area contributed by atoms with Crippen molar-refractivity contribution in [3.05, 3.63) is 0 Å². The van der Waals surface area contributed by atoms with Crippen LogP contribution >= 0.6 is 12.4 Å². The van der Waals surface area contributed by atoms with E-state index < -0.39 is 0 Å². The van der Waals surface area contributed by atoms with Crippen molar-refractivity contribution >= 4 is 12.4 Å². The van der Waals surface area contributed by atoms with Gasteiger partial charge in [0.05, 0.1) is 6.10 Å². The topological polar surface area (TPSA) is 52.8 Å². The van der Waals surface area contributed by atoms with E-state index >= 15 is 0 Å². The number of piperidine rings is 1. The molecule has 1 heterocycles. The molecule has 0 aliphatic carbocycles. The van der Waals surface area contributed by atoms with Gasteiger partial charge in [0, 0.05) is 13.7 Å². The first kappa shape index (κ1) is 12.8. The predicted molar refractivity (Wildman–Crippen MR) is 43.8 cm³/mol. The quantitative estimate of drug-likeness (QED) is 0.600. The Kier molecular flexibility index (Phi) is 9.33. The van der Waals surface area contributed by atoms with Gasteiger partial charge in [-0.2, -0.15) is 0 Å². The van der Waals surface area contributed by atoms with Crippen LogP contribution in [-0.2, 0) is 4.74 Å². The van der Waals surface area contributed by atoms with E-state index in [2.05, 4.69) is 5.32 Å². The summed E-state index contributed by atoms with van der Waals surface area (Å²) in [6.45, 7) is 2.20. The summed E-state index contributed by atoms with van der Waals surface area (Å²) in [5.74, 6) is 0. The molecule has 1 saturated heterocycles. The Balaban J connectivity index is 0. The van der Waals surface area contributed by atoms with Gasteiger partial charge in [-0.1, -0.05) is 0 Å². The number of halogens is 1. The molecule has 1 aliphatic heterocycles. The third kappa shape index (κ3) is 4.06. The van der Waals surface area contributed by atoms with E-state index in [1.54, 1.807) is 7.11 Å². The summed E-state index contributed by atoms with van der Waals surface area (Å²) < 4.78 is 5.13. The third-order valence-corrected chi connectivity index (χ3v) is 1.58. The van der Waals surface area contributed by atoms with Crippen molar-refractivity contribution in [3.63, 3.8) is 0 Å². The summed E-state index contributed by atoms with van der Waals surface area (Å²) in [5, 5.41) is 3.26. The molecule has 0 aromatic rings. The van der Waals surface area contributed by atoms with E-state index in [9.17, 15) is 0 Å². The molecule has 64 valence electrons. The van der Waals surface area contributed by atoms with E-state index in [4.69, 9.17) is 4.74 Å². The fraction of sp³-hybridized carbons (Fsp3) is 1.00. The lowest BCUT2D eigenvalue weighted by Crippen LogP contribution is -2.34. The van der Waals surface area contributed by atoms with Gasteiger partial charge in [0.15, 0.2) is 0 Å². The molecule has 3 N–H and O–H groups in total. The molecular weight excluding hydrogens is 154 g/mol. The largest absolute Gasteiger partial charge is 0.412 e. The molecule has 1 aliphatic rings. The van der Waals surface area contributed by atoms with Crippen LogP contribution in [0.2, 0.25) is 0 Å². The van der Waals surface area contributed by atoms with Gasteiger partial charge in [-0.05, 0) is 19.4 Å². The van der Waals surface area contributed by atoms with E-state index in [1.165, 1.54) is 19.4 Å². The van der Waals surface area contributed by atoms with Crippen LogP contribution in [0.1, 0.15) is 12.8 Å². The minimum atomic E-state index is 0. The Morgan fingerprint density at radius 2 is 2.20 bits per heavy atom. The second-order valence-corrected chi connectivity index (χ2v) is 2.20. The van der Waals surface area contributed by atoms with Crippen LogP contribution in [0, 0.1) is 0 Å². The van der Waals surface area contributed by atoms with Gasteiger partial charge in [0.1, 0.15) is 0 Å². The lowest BCUT2D eigenvalue weighted by molar-refractivity contribution is 0.0810. The van der Waals surface area contributed by atoms with Gasteiger partial charge in [0.2, 0.25) is 0 Å². The van der Waals surface area contributed by atoms with Crippen LogP contribution in [0.5, 0.6) is 0 Å². The third-order valence-electron chi connectivity index (χ3n) is 1.58. The molecule has 4 heteroatoms. The normalized spacial score (nSPS) is 24.3. The van der Waals surface area contributed by atoms with Crippen molar-refractivity contribution in [3.8, 4) is 0 Å². The zero-order chi connectivity index (χ0) is 5.82. The van der Waals surface area contributed by atoms with Gasteiger partial charge in [-0.25, -0.2) is 0 Å². The first-order chi connectivity index (χ1) is 3.93. The maximum Gasteiger partial charge on any atom is 0.0696 e. The van der Waals surface area contributed by atoms with Crippen LogP contribution in [0.15, 0.2) is 0 Å². The SMILES string of the molecule is COC1CCCNC1.Cl.O. The molecule has 0 aromatic heterocycles. The van der Waals surface area contributed by atoms with Crippen LogP contribution in [0.25, 0.3) is 0 Å². The van der Waals surface area contributed by atoms with Crippen molar-refractivity contribution in [1.82, 2.24) is 5.32 Å². The summed E-state index contributed by atoms with van der Waals surface area (Å²) in [6.07, 6.45) is 2.96. The van der Waals surface area contributed by atoms with Crippen LogP contribution in [0.4, 0.5) is 0 Å². The molecule has 0 spiro atoms. The Hall–Kier alpha value is 0.170. The maximum absolute atomic E-state index is 5.13. The molecule has 1 rings (SSSR count). The van der Waals surface area contributed by atoms with Crippen LogP contribution < -0.4 is 5.32 Å². The van der Waals surface area contributed by atoms with Gasteiger partial charge in [-0.15, -0.1) is 12.4 Å². The minimum absolute atomic E-state index is 0. The molecule has 0 amide bonds. The molecule has 1 atom stereocenters. The summed E-state index contributed by atoms with van der Waals surface area (Å²) in [5.41, 5.74) is 0. The molecule has 1 fully saturated rings. The van der Waals surface area contributed by atoms with Crippen molar-refractivity contribution in [2.45, 2.75) is 18.9 Å². The number of nitrogens with one attached hydrogen (secondary N) is 1.